The number of hydrogen-bond donors (Lipinski definition) is 1. The fraction of sp³-hybridized carbons (Fsp3) is 0.750. The minimum absolute atomic E-state index is 0.118. The van der Waals surface area contributed by atoms with Gasteiger partial charge in [-0.05, 0) is 31.6 Å². The normalized spacial score (nSPS) is 27.2. The molecule has 1 N–H and O–H groups in total. The average Bonchev–Trinajstić information content (AvgIpc) is 2.18. The molecule has 2 heteroatoms. The maximum atomic E-state index is 11.0. The van der Waals surface area contributed by atoms with E-state index in [1.807, 2.05) is 0 Å². The van der Waals surface area contributed by atoms with Crippen molar-refractivity contribution in [3.63, 3.8) is 0 Å². The van der Waals surface area contributed by atoms with Gasteiger partial charge in [-0.25, -0.2) is 0 Å². The maximum absolute atomic E-state index is 11.0. The molecule has 0 saturated heterocycles. The molecule has 1 saturated carbocycles. The summed E-state index contributed by atoms with van der Waals surface area (Å²) in [6, 6.07) is 0. The van der Waals surface area contributed by atoms with Crippen LogP contribution in [0.4, 0.5) is 0 Å². The van der Waals surface area contributed by atoms with Gasteiger partial charge in [0.1, 0.15) is 0 Å². The third-order valence-electron chi connectivity index (χ3n) is 3.28. The number of carbonyl (C=O) groups is 1. The minimum atomic E-state index is -0.612. The summed E-state index contributed by atoms with van der Waals surface area (Å²) in [6.07, 6.45) is 6.07. The highest BCUT2D eigenvalue weighted by molar-refractivity contribution is 5.70. The van der Waals surface area contributed by atoms with E-state index >= 15 is 0 Å². The first kappa shape index (κ1) is 11.3. The summed E-state index contributed by atoms with van der Waals surface area (Å²) in [6.45, 7) is 6.05. The van der Waals surface area contributed by atoms with Crippen molar-refractivity contribution in [3.8, 4) is 0 Å². The summed E-state index contributed by atoms with van der Waals surface area (Å²) in [4.78, 5) is 11.0. The van der Waals surface area contributed by atoms with E-state index in [0.29, 0.717) is 5.92 Å². The van der Waals surface area contributed by atoms with E-state index in [0.717, 1.165) is 32.1 Å². The van der Waals surface area contributed by atoms with Gasteiger partial charge in [0, 0.05) is 0 Å². The van der Waals surface area contributed by atoms with Crippen LogP contribution in [0, 0.1) is 11.8 Å². The van der Waals surface area contributed by atoms with Crippen LogP contribution in [0.25, 0.3) is 0 Å². The van der Waals surface area contributed by atoms with Crippen molar-refractivity contribution >= 4 is 5.97 Å². The van der Waals surface area contributed by atoms with Crippen LogP contribution >= 0.6 is 0 Å². The van der Waals surface area contributed by atoms with Crippen molar-refractivity contribution in [1.82, 2.24) is 0 Å². The molecule has 0 bridgehead atoms. The van der Waals surface area contributed by atoms with E-state index in [9.17, 15) is 4.79 Å². The number of hydrogen-bond acceptors (Lipinski definition) is 1. The van der Waals surface area contributed by atoms with Crippen molar-refractivity contribution in [2.24, 2.45) is 11.8 Å². The Morgan fingerprint density at radius 1 is 1.43 bits per heavy atom. The van der Waals surface area contributed by atoms with E-state index in [2.05, 4.69) is 13.5 Å². The third kappa shape index (κ3) is 2.86. The molecule has 0 aromatic rings. The maximum Gasteiger partial charge on any atom is 0.306 e. The number of aliphatic carboxylic acids is 1. The highest BCUT2D eigenvalue weighted by atomic mass is 16.4. The highest BCUT2D eigenvalue weighted by Gasteiger charge is 2.30. The van der Waals surface area contributed by atoms with Crippen LogP contribution in [-0.2, 0) is 4.79 Å². The van der Waals surface area contributed by atoms with Gasteiger partial charge in [0.05, 0.1) is 5.92 Å². The van der Waals surface area contributed by atoms with E-state index < -0.39 is 5.97 Å². The third-order valence-corrected chi connectivity index (χ3v) is 3.28. The van der Waals surface area contributed by atoms with Crippen LogP contribution in [0.5, 0.6) is 0 Å². The molecule has 0 amide bonds. The number of allylic oxidation sites excluding steroid dienone is 1. The lowest BCUT2D eigenvalue weighted by Crippen LogP contribution is -2.27. The fourth-order valence-electron chi connectivity index (χ4n) is 2.29. The smallest absolute Gasteiger partial charge is 0.306 e. The molecule has 0 radical (unpaired) electrons. The van der Waals surface area contributed by atoms with Crippen LogP contribution in [0.3, 0.4) is 0 Å². The molecular weight excluding hydrogens is 176 g/mol. The van der Waals surface area contributed by atoms with Gasteiger partial charge >= 0.3 is 5.97 Å². The molecule has 14 heavy (non-hydrogen) atoms. The fourth-order valence-corrected chi connectivity index (χ4v) is 2.29. The standard InChI is InChI=1S/C12H20O2/c1-3-9(2)8-10-6-4-5-7-11(10)12(13)14/h10-11H,2-8H2,1H3,(H,13,14). The van der Waals surface area contributed by atoms with E-state index in [1.54, 1.807) is 0 Å². The van der Waals surface area contributed by atoms with Crippen molar-refractivity contribution in [1.29, 1.82) is 0 Å². The van der Waals surface area contributed by atoms with Gasteiger partial charge < -0.3 is 5.11 Å². The summed E-state index contributed by atoms with van der Waals surface area (Å²) >= 11 is 0. The Morgan fingerprint density at radius 3 is 2.64 bits per heavy atom. The molecule has 1 fully saturated rings. The van der Waals surface area contributed by atoms with E-state index in [1.165, 1.54) is 12.0 Å². The van der Waals surface area contributed by atoms with Gasteiger partial charge in [-0.1, -0.05) is 31.9 Å². The molecular formula is C12H20O2. The molecule has 0 aromatic carbocycles. The molecule has 0 heterocycles. The topological polar surface area (TPSA) is 37.3 Å². The zero-order valence-corrected chi connectivity index (χ0v) is 8.96. The van der Waals surface area contributed by atoms with Crippen molar-refractivity contribution in [2.75, 3.05) is 0 Å². The lowest BCUT2D eigenvalue weighted by Gasteiger charge is -2.28. The Kier molecular flexibility index (Phi) is 4.18. The molecule has 0 aliphatic heterocycles. The number of carboxylic acids is 1. The van der Waals surface area contributed by atoms with Crippen LogP contribution in [-0.4, -0.2) is 11.1 Å². The lowest BCUT2D eigenvalue weighted by atomic mass is 9.76. The van der Waals surface area contributed by atoms with Gasteiger partial charge in [-0.2, -0.15) is 0 Å². The summed E-state index contributed by atoms with van der Waals surface area (Å²) in [5, 5.41) is 9.06. The first-order valence-corrected chi connectivity index (χ1v) is 5.54. The van der Waals surface area contributed by atoms with E-state index in [4.69, 9.17) is 5.11 Å². The quantitative estimate of drug-likeness (QED) is 0.701. The zero-order chi connectivity index (χ0) is 10.6. The van der Waals surface area contributed by atoms with Gasteiger partial charge in [0.2, 0.25) is 0 Å². The van der Waals surface area contributed by atoms with E-state index in [-0.39, 0.29) is 5.92 Å². The van der Waals surface area contributed by atoms with Gasteiger partial charge in [-0.15, -0.1) is 0 Å². The molecule has 1 rings (SSSR count). The summed E-state index contributed by atoms with van der Waals surface area (Å²) in [5.74, 6) is -0.389. The SMILES string of the molecule is C=C(CC)CC1CCCCC1C(=O)O. The van der Waals surface area contributed by atoms with Crippen LogP contribution < -0.4 is 0 Å². The molecule has 2 unspecified atom stereocenters. The van der Waals surface area contributed by atoms with Crippen LogP contribution in [0.1, 0.15) is 45.4 Å². The van der Waals surface area contributed by atoms with Gasteiger partial charge in [-0.3, -0.25) is 4.79 Å². The second-order valence-corrected chi connectivity index (χ2v) is 4.30. The molecule has 1 aliphatic rings. The van der Waals surface area contributed by atoms with Crippen molar-refractivity contribution in [3.05, 3.63) is 12.2 Å². The largest absolute Gasteiger partial charge is 0.481 e. The predicted molar refractivity (Wildman–Crippen MR) is 57.1 cm³/mol. The Hall–Kier alpha value is -0.790. The van der Waals surface area contributed by atoms with Crippen molar-refractivity contribution in [2.45, 2.75) is 45.4 Å². The van der Waals surface area contributed by atoms with Gasteiger partial charge in [0.25, 0.3) is 0 Å². The summed E-state index contributed by atoms with van der Waals surface area (Å²) in [7, 11) is 0. The molecule has 0 aromatic heterocycles. The minimum Gasteiger partial charge on any atom is -0.481 e. The first-order valence-electron chi connectivity index (χ1n) is 5.54. The highest BCUT2D eigenvalue weighted by Crippen LogP contribution is 2.34. The lowest BCUT2D eigenvalue weighted by molar-refractivity contribution is -0.144. The van der Waals surface area contributed by atoms with Crippen LogP contribution in [0.2, 0.25) is 0 Å². The summed E-state index contributed by atoms with van der Waals surface area (Å²) in [5.41, 5.74) is 1.20. The summed E-state index contributed by atoms with van der Waals surface area (Å²) < 4.78 is 0. The molecule has 0 spiro atoms. The van der Waals surface area contributed by atoms with Gasteiger partial charge in [0.15, 0.2) is 0 Å². The first-order chi connectivity index (χ1) is 6.65. The molecule has 2 nitrogen and oxygen atoms in total. The molecule has 1 aliphatic carbocycles. The average molecular weight is 196 g/mol. The number of rotatable bonds is 4. The second-order valence-electron chi connectivity index (χ2n) is 4.30. The predicted octanol–water partition coefficient (Wildman–Crippen LogP) is 3.23. The Labute approximate surface area is 86.0 Å². The Morgan fingerprint density at radius 2 is 2.07 bits per heavy atom. The molecule has 80 valence electrons. The Bertz CT molecular complexity index is 220. The number of carboxylic acid groups (broad SMARTS) is 1. The molecule has 2 atom stereocenters. The monoisotopic (exact) mass is 196 g/mol. The zero-order valence-electron chi connectivity index (χ0n) is 8.96. The van der Waals surface area contributed by atoms with Crippen molar-refractivity contribution < 1.29 is 9.90 Å². The van der Waals surface area contributed by atoms with Crippen LogP contribution in [0.15, 0.2) is 12.2 Å². The Balaban J connectivity index is 2.54. The second kappa shape index (κ2) is 5.18.